The molecule has 0 amide bonds. The van der Waals surface area contributed by atoms with Crippen LogP contribution in [-0.2, 0) is 11.2 Å². The molecule has 124 valence electrons. The first-order valence-electron chi connectivity index (χ1n) is 8.27. The van der Waals surface area contributed by atoms with Gasteiger partial charge in [0.05, 0.1) is 6.04 Å². The van der Waals surface area contributed by atoms with Crippen LogP contribution in [0.4, 0.5) is 0 Å². The Morgan fingerprint density at radius 2 is 1.86 bits per heavy atom. The number of aryl methyl sites for hydroxylation is 1. The van der Waals surface area contributed by atoms with Gasteiger partial charge in [-0.2, -0.15) is 0 Å². The number of quaternary nitrogens is 1. The summed E-state index contributed by atoms with van der Waals surface area (Å²) in [6.45, 7) is 6.92. The quantitative estimate of drug-likeness (QED) is 0.654. The van der Waals surface area contributed by atoms with Crippen molar-refractivity contribution in [2.45, 2.75) is 58.6 Å². The molecule has 0 fully saturated rings. The number of carbonyl (C=O) groups is 1. The van der Waals surface area contributed by atoms with Crippen LogP contribution >= 0.6 is 0 Å². The number of nitrogens with two attached hydrogens (primary N) is 1. The van der Waals surface area contributed by atoms with Gasteiger partial charge in [-0.25, -0.2) is 0 Å². The van der Waals surface area contributed by atoms with E-state index in [1.165, 1.54) is 0 Å². The normalized spacial score (nSPS) is 12.4. The molecular weight excluding hydrogens is 278 g/mol. The monoisotopic (exact) mass is 308 g/mol. The van der Waals surface area contributed by atoms with E-state index in [1.807, 2.05) is 24.3 Å². The van der Waals surface area contributed by atoms with Crippen molar-refractivity contribution in [1.82, 2.24) is 0 Å². The van der Waals surface area contributed by atoms with Crippen molar-refractivity contribution in [2.75, 3.05) is 13.2 Å². The lowest BCUT2D eigenvalue weighted by Crippen LogP contribution is -2.91. The van der Waals surface area contributed by atoms with Crippen LogP contribution in [0, 0.1) is 0 Å². The van der Waals surface area contributed by atoms with E-state index in [0.29, 0.717) is 25.6 Å². The molecule has 4 nitrogen and oxygen atoms in total. The molecule has 4 heteroatoms. The molecule has 1 atom stereocenters. The molecule has 0 unspecified atom stereocenters. The van der Waals surface area contributed by atoms with Crippen LogP contribution in [0.5, 0.6) is 5.75 Å². The number of carbonyl (C=O) groups excluding carboxylic acids is 1. The molecule has 22 heavy (non-hydrogen) atoms. The largest absolute Gasteiger partial charge is 0.491 e. The number of rotatable bonds is 11. The van der Waals surface area contributed by atoms with E-state index in [2.05, 4.69) is 19.2 Å². The smallest absolute Gasteiger partial charge is 0.137 e. The average molecular weight is 308 g/mol. The second kappa shape index (κ2) is 10.4. The van der Waals surface area contributed by atoms with Crippen LogP contribution in [0.15, 0.2) is 24.3 Å². The molecule has 1 aromatic rings. The molecule has 1 aromatic carbocycles. The van der Waals surface area contributed by atoms with Gasteiger partial charge in [-0.1, -0.05) is 26.0 Å². The molecule has 0 spiro atoms. The summed E-state index contributed by atoms with van der Waals surface area (Å²) in [6.07, 6.45) is 3.11. The van der Waals surface area contributed by atoms with Gasteiger partial charge in [-0.15, -0.1) is 0 Å². The van der Waals surface area contributed by atoms with Gasteiger partial charge in [0, 0.05) is 6.42 Å². The van der Waals surface area contributed by atoms with Crippen molar-refractivity contribution < 1.29 is 20.0 Å². The van der Waals surface area contributed by atoms with Crippen LogP contribution < -0.4 is 10.1 Å². The van der Waals surface area contributed by atoms with Gasteiger partial charge in [-0.05, 0) is 43.9 Å². The van der Waals surface area contributed by atoms with E-state index in [4.69, 9.17) is 4.74 Å². The second-order valence-corrected chi connectivity index (χ2v) is 5.86. The third-order valence-corrected chi connectivity index (χ3v) is 3.92. The molecule has 1 rings (SSSR count). The number of ketones is 1. The fourth-order valence-electron chi connectivity index (χ4n) is 2.30. The lowest BCUT2D eigenvalue weighted by atomic mass is 10.1. The van der Waals surface area contributed by atoms with Crippen molar-refractivity contribution in [3.8, 4) is 5.75 Å². The van der Waals surface area contributed by atoms with Gasteiger partial charge in [0.2, 0.25) is 0 Å². The van der Waals surface area contributed by atoms with Crippen LogP contribution in [-0.4, -0.2) is 36.2 Å². The number of aliphatic hydroxyl groups is 1. The fourth-order valence-corrected chi connectivity index (χ4v) is 2.30. The Morgan fingerprint density at radius 1 is 1.23 bits per heavy atom. The lowest BCUT2D eigenvalue weighted by Gasteiger charge is -2.15. The number of hydrogen-bond acceptors (Lipinski definition) is 3. The Labute approximate surface area is 133 Å². The summed E-state index contributed by atoms with van der Waals surface area (Å²) < 4.78 is 5.61. The number of hydrogen-bond donors (Lipinski definition) is 2. The zero-order chi connectivity index (χ0) is 16.4. The molecule has 0 radical (unpaired) electrons. The van der Waals surface area contributed by atoms with E-state index < -0.39 is 6.10 Å². The molecule has 0 bridgehead atoms. The van der Waals surface area contributed by atoms with Crippen molar-refractivity contribution in [3.63, 3.8) is 0 Å². The molecule has 0 aromatic heterocycles. The van der Waals surface area contributed by atoms with E-state index >= 15 is 0 Å². The van der Waals surface area contributed by atoms with Crippen LogP contribution in [0.25, 0.3) is 0 Å². The Balaban J connectivity index is 2.30. The van der Waals surface area contributed by atoms with E-state index in [-0.39, 0.29) is 5.78 Å². The van der Waals surface area contributed by atoms with Gasteiger partial charge in [-0.3, -0.25) is 0 Å². The molecular formula is C18H30NO3+. The van der Waals surface area contributed by atoms with Crippen LogP contribution in [0.1, 0.15) is 45.6 Å². The Morgan fingerprint density at radius 3 is 2.41 bits per heavy atom. The minimum atomic E-state index is -0.460. The Bertz CT molecular complexity index is 426. The van der Waals surface area contributed by atoms with Gasteiger partial charge < -0.3 is 20.0 Å². The van der Waals surface area contributed by atoms with Gasteiger partial charge in [0.1, 0.15) is 30.8 Å². The summed E-state index contributed by atoms with van der Waals surface area (Å²) in [5.74, 6) is 0.963. The molecule has 0 heterocycles. The topological polar surface area (TPSA) is 63.1 Å². The number of Topliss-reactive ketones (excluding diaryl/α,β-unsaturated/α-hetero) is 1. The predicted molar refractivity (Wildman–Crippen MR) is 88.1 cm³/mol. The number of benzene rings is 1. The maximum Gasteiger partial charge on any atom is 0.137 e. The summed E-state index contributed by atoms with van der Waals surface area (Å²) in [4.78, 5) is 11.0. The highest BCUT2D eigenvalue weighted by Gasteiger charge is 2.12. The minimum Gasteiger partial charge on any atom is -0.491 e. The zero-order valence-corrected chi connectivity index (χ0v) is 14.0. The Hall–Kier alpha value is -1.39. The van der Waals surface area contributed by atoms with Crippen LogP contribution in [0.3, 0.4) is 0 Å². The fraction of sp³-hybridized carbons (Fsp3) is 0.611. The maximum atomic E-state index is 11.0. The first-order chi connectivity index (χ1) is 10.5. The van der Waals surface area contributed by atoms with Gasteiger partial charge >= 0.3 is 0 Å². The standard InChI is InChI=1S/C18H29NO3/c1-4-16(5-2)19-12-17(21)13-22-18-10-8-15(9-11-18)7-6-14(3)20/h8-11,16-17,19,21H,4-7,12-13H2,1-3H3/p+1/t17-/m0/s1. The van der Waals surface area contributed by atoms with E-state index in [1.54, 1.807) is 6.92 Å². The van der Waals surface area contributed by atoms with Gasteiger partial charge in [0.25, 0.3) is 0 Å². The van der Waals surface area contributed by atoms with E-state index in [0.717, 1.165) is 30.6 Å². The summed E-state index contributed by atoms with van der Waals surface area (Å²) in [5.41, 5.74) is 1.13. The minimum absolute atomic E-state index is 0.206. The van der Waals surface area contributed by atoms with Gasteiger partial charge in [0.15, 0.2) is 0 Å². The first-order valence-corrected chi connectivity index (χ1v) is 8.27. The maximum absolute atomic E-state index is 11.0. The molecule has 3 N–H and O–H groups in total. The molecule has 0 saturated carbocycles. The number of aliphatic hydroxyl groups excluding tert-OH is 1. The summed E-state index contributed by atoms with van der Waals surface area (Å²) in [7, 11) is 0. The molecule has 0 aliphatic heterocycles. The highest BCUT2D eigenvalue weighted by atomic mass is 16.5. The van der Waals surface area contributed by atoms with Crippen molar-refractivity contribution in [3.05, 3.63) is 29.8 Å². The van der Waals surface area contributed by atoms with E-state index in [9.17, 15) is 9.90 Å². The van der Waals surface area contributed by atoms with Crippen molar-refractivity contribution in [1.29, 1.82) is 0 Å². The SMILES string of the molecule is CCC(CC)[NH2+]C[C@H](O)COc1ccc(CCC(C)=O)cc1. The lowest BCUT2D eigenvalue weighted by molar-refractivity contribution is -0.695. The Kier molecular flexibility index (Phi) is 8.78. The number of ether oxygens (including phenoxy) is 1. The summed E-state index contributed by atoms with van der Waals surface area (Å²) in [5, 5.41) is 12.1. The van der Waals surface area contributed by atoms with Crippen molar-refractivity contribution in [2.24, 2.45) is 0 Å². The molecule has 0 saturated heterocycles. The third kappa shape index (κ3) is 7.57. The summed E-state index contributed by atoms with van der Waals surface area (Å²) in [6, 6.07) is 8.32. The highest BCUT2D eigenvalue weighted by molar-refractivity contribution is 5.75. The summed E-state index contributed by atoms with van der Waals surface area (Å²) >= 11 is 0. The van der Waals surface area contributed by atoms with Crippen LogP contribution in [0.2, 0.25) is 0 Å². The third-order valence-electron chi connectivity index (χ3n) is 3.92. The zero-order valence-electron chi connectivity index (χ0n) is 14.0. The second-order valence-electron chi connectivity index (χ2n) is 5.86. The molecule has 0 aliphatic rings. The first kappa shape index (κ1) is 18.7. The molecule has 0 aliphatic carbocycles. The predicted octanol–water partition coefficient (Wildman–Crippen LogP) is 1.70. The highest BCUT2D eigenvalue weighted by Crippen LogP contribution is 2.13. The van der Waals surface area contributed by atoms with Crippen molar-refractivity contribution >= 4 is 5.78 Å². The average Bonchev–Trinajstić information content (AvgIpc) is 2.52.